The van der Waals surface area contributed by atoms with Crippen LogP contribution in [0.15, 0.2) is 0 Å². The van der Waals surface area contributed by atoms with Crippen LogP contribution < -0.4 is 0 Å². The Kier molecular flexibility index (Phi) is 3.14. The van der Waals surface area contributed by atoms with E-state index in [2.05, 4.69) is 6.92 Å². The van der Waals surface area contributed by atoms with Crippen LogP contribution in [-0.2, 0) is 10.0 Å². The van der Waals surface area contributed by atoms with Crippen LogP contribution in [0.3, 0.4) is 0 Å². The van der Waals surface area contributed by atoms with E-state index in [9.17, 15) is 8.42 Å². The minimum Gasteiger partial charge on any atom is -0.213 e. The molecule has 3 nitrogen and oxygen atoms in total. The van der Waals surface area contributed by atoms with Crippen molar-refractivity contribution in [2.45, 2.75) is 6.92 Å². The van der Waals surface area contributed by atoms with Gasteiger partial charge in [-0.25, -0.2) is 12.7 Å². The van der Waals surface area contributed by atoms with Crippen LogP contribution in [0.4, 0.5) is 0 Å². The number of rotatable bonds is 3. The summed E-state index contributed by atoms with van der Waals surface area (Å²) in [6.45, 7) is 6.07. The van der Waals surface area contributed by atoms with Crippen molar-refractivity contribution in [3.8, 4) is 0 Å². The van der Waals surface area contributed by atoms with E-state index in [1.54, 1.807) is 6.92 Å². The van der Waals surface area contributed by atoms with E-state index in [4.69, 9.17) is 0 Å². The standard InChI is InChI=1S/C5H12NO2S/c1-4-6(5-2)9(3,7)8/h1,4-5H2,2-3H3. The van der Waals surface area contributed by atoms with Crippen LogP contribution in [0.1, 0.15) is 6.92 Å². The first-order chi connectivity index (χ1) is 4.02. The van der Waals surface area contributed by atoms with Gasteiger partial charge in [-0.2, -0.15) is 0 Å². The molecule has 0 rings (SSSR count). The maximum Gasteiger partial charge on any atom is 0.211 e. The lowest BCUT2D eigenvalue weighted by atomic mass is 10.7. The van der Waals surface area contributed by atoms with E-state index >= 15 is 0 Å². The largest absolute Gasteiger partial charge is 0.213 e. The molecule has 1 radical (unpaired) electrons. The zero-order chi connectivity index (χ0) is 7.49. The van der Waals surface area contributed by atoms with Gasteiger partial charge in [0.15, 0.2) is 0 Å². The SMILES string of the molecule is [CH2]CN(CC)S(C)(=O)=O. The summed E-state index contributed by atoms with van der Waals surface area (Å²) in [6.07, 6.45) is 1.18. The smallest absolute Gasteiger partial charge is 0.211 e. The molecule has 0 spiro atoms. The zero-order valence-corrected chi connectivity index (χ0v) is 6.61. The Bertz CT molecular complexity index is 158. The first kappa shape index (κ1) is 8.91. The zero-order valence-electron chi connectivity index (χ0n) is 5.79. The molecule has 9 heavy (non-hydrogen) atoms. The van der Waals surface area contributed by atoms with Crippen molar-refractivity contribution in [3.05, 3.63) is 6.92 Å². The highest BCUT2D eigenvalue weighted by Crippen LogP contribution is 1.93. The van der Waals surface area contributed by atoms with Gasteiger partial charge in [-0.15, -0.1) is 0 Å². The molecule has 0 aromatic carbocycles. The maximum atomic E-state index is 10.7. The van der Waals surface area contributed by atoms with Gasteiger partial charge in [0.25, 0.3) is 0 Å². The van der Waals surface area contributed by atoms with Gasteiger partial charge in [-0.3, -0.25) is 0 Å². The molecule has 0 aromatic rings. The van der Waals surface area contributed by atoms with Gasteiger partial charge in [0.05, 0.1) is 6.26 Å². The Hall–Kier alpha value is -0.0900. The Morgan fingerprint density at radius 1 is 1.56 bits per heavy atom. The van der Waals surface area contributed by atoms with E-state index in [1.165, 1.54) is 10.6 Å². The normalized spacial score (nSPS) is 12.4. The quantitative estimate of drug-likeness (QED) is 0.572. The highest BCUT2D eigenvalue weighted by atomic mass is 32.2. The second kappa shape index (κ2) is 3.17. The third-order valence-corrected chi connectivity index (χ3v) is 2.45. The first-order valence-corrected chi connectivity index (χ1v) is 4.61. The summed E-state index contributed by atoms with van der Waals surface area (Å²) in [5, 5.41) is 0. The van der Waals surface area contributed by atoms with Gasteiger partial charge < -0.3 is 0 Å². The van der Waals surface area contributed by atoms with Crippen LogP contribution in [0.2, 0.25) is 0 Å². The number of nitrogens with zero attached hydrogens (tertiary/aromatic N) is 1. The Labute approximate surface area is 56.7 Å². The van der Waals surface area contributed by atoms with E-state index in [-0.39, 0.29) is 0 Å². The summed E-state index contributed by atoms with van der Waals surface area (Å²) >= 11 is 0. The summed E-state index contributed by atoms with van der Waals surface area (Å²) in [4.78, 5) is 0. The monoisotopic (exact) mass is 150 g/mol. The van der Waals surface area contributed by atoms with Crippen molar-refractivity contribution in [2.24, 2.45) is 0 Å². The molecular weight excluding hydrogens is 138 g/mol. The van der Waals surface area contributed by atoms with Crippen LogP contribution in [0.25, 0.3) is 0 Å². The molecule has 0 fully saturated rings. The highest BCUT2D eigenvalue weighted by Gasteiger charge is 2.09. The molecule has 0 aliphatic carbocycles. The fourth-order valence-electron chi connectivity index (χ4n) is 0.558. The fraction of sp³-hybridized carbons (Fsp3) is 0.800. The van der Waals surface area contributed by atoms with Gasteiger partial charge in [0, 0.05) is 13.1 Å². The third kappa shape index (κ3) is 2.81. The lowest BCUT2D eigenvalue weighted by Crippen LogP contribution is -2.29. The lowest BCUT2D eigenvalue weighted by Gasteiger charge is -2.13. The van der Waals surface area contributed by atoms with Crippen molar-refractivity contribution in [2.75, 3.05) is 19.3 Å². The minimum atomic E-state index is -2.99. The topological polar surface area (TPSA) is 37.4 Å². The number of hydrogen-bond donors (Lipinski definition) is 0. The fourth-order valence-corrected chi connectivity index (χ4v) is 1.36. The van der Waals surface area contributed by atoms with Gasteiger partial charge in [0.2, 0.25) is 10.0 Å². The molecule has 0 amide bonds. The average Bonchev–Trinajstić information content (AvgIpc) is 1.65. The van der Waals surface area contributed by atoms with E-state index < -0.39 is 10.0 Å². The van der Waals surface area contributed by atoms with Crippen LogP contribution in [-0.4, -0.2) is 32.1 Å². The molecule has 0 aromatic heterocycles. The highest BCUT2D eigenvalue weighted by molar-refractivity contribution is 7.88. The first-order valence-electron chi connectivity index (χ1n) is 2.76. The molecule has 0 aliphatic heterocycles. The lowest BCUT2D eigenvalue weighted by molar-refractivity contribution is 0.464. The van der Waals surface area contributed by atoms with Crippen LogP contribution in [0, 0.1) is 6.92 Å². The maximum absolute atomic E-state index is 10.7. The van der Waals surface area contributed by atoms with Gasteiger partial charge in [0.1, 0.15) is 0 Å². The predicted octanol–water partition coefficient (Wildman–Crippen LogP) is 0.102. The van der Waals surface area contributed by atoms with E-state index in [1.807, 2.05) is 0 Å². The summed E-state index contributed by atoms with van der Waals surface area (Å²) in [6, 6.07) is 0. The molecule has 55 valence electrons. The minimum absolute atomic E-state index is 0.315. The Morgan fingerprint density at radius 3 is 2.00 bits per heavy atom. The molecule has 0 aliphatic rings. The average molecular weight is 150 g/mol. The Morgan fingerprint density at radius 2 is 2.00 bits per heavy atom. The summed E-state index contributed by atoms with van der Waals surface area (Å²) in [5.41, 5.74) is 0. The molecule has 0 bridgehead atoms. The van der Waals surface area contributed by atoms with Crippen molar-refractivity contribution in [3.63, 3.8) is 0 Å². The summed E-state index contributed by atoms with van der Waals surface area (Å²) in [5.74, 6) is 0. The molecule has 0 heterocycles. The van der Waals surface area contributed by atoms with E-state index in [0.717, 1.165) is 0 Å². The molecule has 0 saturated carbocycles. The van der Waals surface area contributed by atoms with Crippen LogP contribution >= 0.6 is 0 Å². The van der Waals surface area contributed by atoms with Gasteiger partial charge >= 0.3 is 0 Å². The van der Waals surface area contributed by atoms with E-state index in [0.29, 0.717) is 13.1 Å². The molecule has 0 atom stereocenters. The second-order valence-corrected chi connectivity index (χ2v) is 3.74. The van der Waals surface area contributed by atoms with Crippen molar-refractivity contribution >= 4 is 10.0 Å². The summed E-state index contributed by atoms with van der Waals surface area (Å²) < 4.78 is 22.7. The third-order valence-electron chi connectivity index (χ3n) is 1.07. The molecule has 0 saturated heterocycles. The molecule has 0 unspecified atom stereocenters. The van der Waals surface area contributed by atoms with Crippen molar-refractivity contribution < 1.29 is 8.42 Å². The molecular formula is C5H12NO2S. The van der Waals surface area contributed by atoms with Gasteiger partial charge in [-0.1, -0.05) is 6.92 Å². The molecule has 4 heteroatoms. The number of sulfonamides is 1. The van der Waals surface area contributed by atoms with Crippen LogP contribution in [0.5, 0.6) is 0 Å². The van der Waals surface area contributed by atoms with Crippen molar-refractivity contribution in [1.82, 2.24) is 4.31 Å². The molecule has 0 N–H and O–H groups in total. The number of hydrogen-bond acceptors (Lipinski definition) is 2. The summed E-state index contributed by atoms with van der Waals surface area (Å²) in [7, 11) is -2.99. The predicted molar refractivity (Wildman–Crippen MR) is 37.4 cm³/mol. The Balaban J connectivity index is 4.14. The van der Waals surface area contributed by atoms with Crippen molar-refractivity contribution in [1.29, 1.82) is 0 Å². The second-order valence-electron chi connectivity index (χ2n) is 1.75. The van der Waals surface area contributed by atoms with Gasteiger partial charge in [-0.05, 0) is 6.92 Å².